The minimum atomic E-state index is 0.817. The number of methoxy groups -OCH3 is 2. The molecular formula is C26H24O2. The van der Waals surface area contributed by atoms with Gasteiger partial charge in [0.05, 0.1) is 14.2 Å². The zero-order valence-corrected chi connectivity index (χ0v) is 16.4. The van der Waals surface area contributed by atoms with E-state index in [1.165, 1.54) is 56.8 Å². The first-order valence-corrected chi connectivity index (χ1v) is 9.96. The predicted octanol–water partition coefficient (Wildman–Crippen LogP) is 3.86. The summed E-state index contributed by atoms with van der Waals surface area (Å²) in [5.74, 6) is 1.68. The van der Waals surface area contributed by atoms with Crippen LogP contribution in [0.15, 0.2) is 54.6 Å². The van der Waals surface area contributed by atoms with Crippen molar-refractivity contribution in [2.75, 3.05) is 14.2 Å². The van der Waals surface area contributed by atoms with Crippen molar-refractivity contribution >= 4 is 11.6 Å². The molecule has 0 spiro atoms. The number of hydrogen-bond donors (Lipinski definition) is 0. The standard InChI is InChI=1S/C26H24O2/c1-27-18-12-14-23(26(15-18)28-2)25-16-24-19-8-4-3-7-17(19)11-13-22(24)20-9-5-6-10-21(20)25/h5-7,9-15H,3-4,8,16H2,1-2H3. The number of fused-ring (bicyclic) bond motifs is 4. The van der Waals surface area contributed by atoms with Crippen LogP contribution in [0.25, 0.3) is 11.6 Å². The predicted molar refractivity (Wildman–Crippen MR) is 113 cm³/mol. The Balaban J connectivity index is 1.87. The second-order valence-electron chi connectivity index (χ2n) is 7.52. The molecule has 0 heterocycles. The maximum atomic E-state index is 5.75. The summed E-state index contributed by atoms with van der Waals surface area (Å²) in [6.07, 6.45) is 6.93. The molecule has 0 bridgehead atoms. The minimum absolute atomic E-state index is 0.817. The Morgan fingerprint density at radius 2 is 1.64 bits per heavy atom. The molecule has 2 nitrogen and oxygen atoms in total. The molecular weight excluding hydrogens is 344 g/mol. The van der Waals surface area contributed by atoms with Crippen molar-refractivity contribution in [2.24, 2.45) is 0 Å². The monoisotopic (exact) mass is 368 g/mol. The lowest BCUT2D eigenvalue weighted by Gasteiger charge is -2.21. The largest absolute Gasteiger partial charge is 0.497 e. The van der Waals surface area contributed by atoms with Crippen LogP contribution in [-0.4, -0.2) is 14.2 Å². The molecule has 28 heavy (non-hydrogen) atoms. The van der Waals surface area contributed by atoms with Crippen LogP contribution in [0.4, 0.5) is 0 Å². The van der Waals surface area contributed by atoms with E-state index in [0.717, 1.165) is 23.5 Å². The highest BCUT2D eigenvalue weighted by Gasteiger charge is 2.19. The molecule has 140 valence electrons. The van der Waals surface area contributed by atoms with Gasteiger partial charge in [-0.05, 0) is 75.4 Å². The van der Waals surface area contributed by atoms with E-state index < -0.39 is 0 Å². The Kier molecular flexibility index (Phi) is 4.20. The second-order valence-corrected chi connectivity index (χ2v) is 7.52. The van der Waals surface area contributed by atoms with Crippen LogP contribution in [0, 0.1) is 10.4 Å². The third-order valence-corrected chi connectivity index (χ3v) is 6.09. The van der Waals surface area contributed by atoms with Gasteiger partial charge in [0, 0.05) is 11.6 Å². The lowest BCUT2D eigenvalue weighted by molar-refractivity contribution is 0.393. The summed E-state index contributed by atoms with van der Waals surface area (Å²) in [5, 5.41) is 5.44. The molecule has 0 saturated carbocycles. The number of rotatable bonds is 3. The molecule has 0 aliphatic heterocycles. The van der Waals surface area contributed by atoms with Crippen molar-refractivity contribution in [1.29, 1.82) is 0 Å². The summed E-state index contributed by atoms with van der Waals surface area (Å²) < 4.78 is 11.2. The molecule has 5 rings (SSSR count). The van der Waals surface area contributed by atoms with E-state index in [9.17, 15) is 0 Å². The van der Waals surface area contributed by atoms with Gasteiger partial charge in [-0.15, -0.1) is 0 Å². The molecule has 2 aliphatic carbocycles. The Hall–Kier alpha value is -3.00. The molecule has 0 radical (unpaired) electrons. The van der Waals surface area contributed by atoms with Crippen LogP contribution in [0.1, 0.15) is 29.5 Å². The summed E-state index contributed by atoms with van der Waals surface area (Å²) in [6.45, 7) is 0. The summed E-state index contributed by atoms with van der Waals surface area (Å²) in [5.41, 5.74) is 5.50. The van der Waals surface area contributed by atoms with Gasteiger partial charge in [0.2, 0.25) is 0 Å². The maximum absolute atomic E-state index is 5.75. The van der Waals surface area contributed by atoms with Gasteiger partial charge in [0.1, 0.15) is 11.5 Å². The highest BCUT2D eigenvalue weighted by Crippen LogP contribution is 2.33. The van der Waals surface area contributed by atoms with Crippen LogP contribution in [0.2, 0.25) is 0 Å². The Bertz CT molecular complexity index is 1280. The van der Waals surface area contributed by atoms with Crippen molar-refractivity contribution in [3.63, 3.8) is 0 Å². The number of hydrogen-bond acceptors (Lipinski definition) is 2. The molecule has 0 atom stereocenters. The van der Waals surface area contributed by atoms with E-state index in [0.29, 0.717) is 0 Å². The lowest BCUT2D eigenvalue weighted by atomic mass is 9.84. The lowest BCUT2D eigenvalue weighted by Crippen LogP contribution is -2.22. The van der Waals surface area contributed by atoms with Crippen LogP contribution in [-0.2, 0) is 12.8 Å². The summed E-state index contributed by atoms with van der Waals surface area (Å²) in [4.78, 5) is 0. The van der Waals surface area contributed by atoms with Gasteiger partial charge in [-0.3, -0.25) is 0 Å². The van der Waals surface area contributed by atoms with E-state index >= 15 is 0 Å². The highest BCUT2D eigenvalue weighted by molar-refractivity contribution is 5.74. The van der Waals surface area contributed by atoms with Crippen molar-refractivity contribution in [2.45, 2.75) is 25.7 Å². The van der Waals surface area contributed by atoms with Gasteiger partial charge in [0.15, 0.2) is 0 Å². The SMILES string of the molecule is COc1ccc(C2=c3ccccc3=c3ccc4c(c3C2)CCCC=4)c(OC)c1. The van der Waals surface area contributed by atoms with Gasteiger partial charge in [-0.2, -0.15) is 0 Å². The molecule has 3 aromatic carbocycles. The first kappa shape index (κ1) is 17.1. The maximum Gasteiger partial charge on any atom is 0.130 e. The molecule has 0 fully saturated rings. The minimum Gasteiger partial charge on any atom is -0.497 e. The fourth-order valence-corrected chi connectivity index (χ4v) is 4.73. The van der Waals surface area contributed by atoms with Crippen molar-refractivity contribution in [1.82, 2.24) is 0 Å². The molecule has 0 N–H and O–H groups in total. The third-order valence-electron chi connectivity index (χ3n) is 6.09. The zero-order chi connectivity index (χ0) is 19.1. The molecule has 3 aromatic rings. The summed E-state index contributed by atoms with van der Waals surface area (Å²) in [6, 6.07) is 19.5. The molecule has 2 heteroatoms. The van der Waals surface area contributed by atoms with Gasteiger partial charge >= 0.3 is 0 Å². The van der Waals surface area contributed by atoms with Crippen molar-refractivity contribution in [3.05, 3.63) is 92.2 Å². The highest BCUT2D eigenvalue weighted by atomic mass is 16.5. The van der Waals surface area contributed by atoms with Gasteiger partial charge in [-0.1, -0.05) is 42.5 Å². The Morgan fingerprint density at radius 3 is 2.46 bits per heavy atom. The average Bonchev–Trinajstić information content (AvgIpc) is 2.77. The molecule has 2 aliphatic rings. The zero-order valence-electron chi connectivity index (χ0n) is 16.4. The topological polar surface area (TPSA) is 18.5 Å². The molecule has 0 aromatic heterocycles. The fraction of sp³-hybridized carbons (Fsp3) is 0.231. The van der Waals surface area contributed by atoms with Crippen molar-refractivity contribution < 1.29 is 9.47 Å². The fourth-order valence-electron chi connectivity index (χ4n) is 4.73. The van der Waals surface area contributed by atoms with Crippen LogP contribution < -0.4 is 19.9 Å². The van der Waals surface area contributed by atoms with E-state index in [1.807, 2.05) is 12.1 Å². The number of ether oxygens (including phenoxy) is 2. The average molecular weight is 368 g/mol. The van der Waals surface area contributed by atoms with E-state index in [-0.39, 0.29) is 0 Å². The quantitative estimate of drug-likeness (QED) is 0.699. The molecule has 0 amide bonds. The second kappa shape index (κ2) is 6.87. The first-order chi connectivity index (χ1) is 13.8. The number of benzene rings is 3. The smallest absolute Gasteiger partial charge is 0.130 e. The van der Waals surface area contributed by atoms with Crippen LogP contribution >= 0.6 is 0 Å². The molecule has 0 unspecified atom stereocenters. The summed E-state index contributed by atoms with van der Waals surface area (Å²) in [7, 11) is 3.43. The third kappa shape index (κ3) is 2.63. The first-order valence-electron chi connectivity index (χ1n) is 9.96. The normalized spacial score (nSPS) is 14.4. The van der Waals surface area contributed by atoms with Gasteiger partial charge < -0.3 is 9.47 Å². The Morgan fingerprint density at radius 1 is 0.786 bits per heavy atom. The van der Waals surface area contributed by atoms with Gasteiger partial charge in [-0.25, -0.2) is 0 Å². The van der Waals surface area contributed by atoms with Crippen LogP contribution in [0.5, 0.6) is 11.5 Å². The van der Waals surface area contributed by atoms with E-state index in [1.54, 1.807) is 14.2 Å². The van der Waals surface area contributed by atoms with Crippen LogP contribution in [0.3, 0.4) is 0 Å². The van der Waals surface area contributed by atoms with E-state index in [2.05, 4.69) is 48.5 Å². The van der Waals surface area contributed by atoms with E-state index in [4.69, 9.17) is 9.47 Å². The molecule has 0 saturated heterocycles. The van der Waals surface area contributed by atoms with Crippen molar-refractivity contribution in [3.8, 4) is 11.5 Å². The summed E-state index contributed by atoms with van der Waals surface area (Å²) >= 11 is 0. The van der Waals surface area contributed by atoms with Gasteiger partial charge in [0.25, 0.3) is 0 Å². The Labute approximate surface area is 165 Å².